The first-order valence-corrected chi connectivity index (χ1v) is 14.6. The first-order valence-electron chi connectivity index (χ1n) is 13.7. The van der Waals surface area contributed by atoms with E-state index in [1.165, 1.54) is 0 Å². The Morgan fingerprint density at radius 3 is 2.71 bits per heavy atom. The molecule has 1 aromatic heterocycles. The number of benzene rings is 1. The Labute approximate surface area is 233 Å². The van der Waals surface area contributed by atoms with Gasteiger partial charge in [-0.05, 0) is 69.7 Å². The zero-order chi connectivity index (χ0) is 26.6. The molecule has 3 heterocycles. The lowest BCUT2D eigenvalue weighted by atomic mass is 9.68. The van der Waals surface area contributed by atoms with Crippen molar-refractivity contribution in [1.82, 2.24) is 15.1 Å². The number of alkyl halides is 2. The lowest BCUT2D eigenvalue weighted by molar-refractivity contribution is -0.117. The normalized spacial score (nSPS) is 31.3. The number of carbonyl (C=O) groups excluding carboxylic acids is 2. The van der Waals surface area contributed by atoms with Crippen LogP contribution in [-0.2, 0) is 9.53 Å². The Kier molecular flexibility index (Phi) is 6.85. The standard InChI is InChI=1S/C28H35Cl2N5O3/c1-17-14-33(27(37)38-25-12-28(8-3-9-31-16-28)26(30)11-22(25)29)24-10-19(4-7-23(24)35(17)18(2)36)20-13-32-34(15-20)21-5-6-21/h4,7,10,13,15,17,21-22,25-26,31H,3,5-6,8-9,11-12,14,16H2,1-2H3/t17-,22?,25?,26?,28?/m0/s1. The summed E-state index contributed by atoms with van der Waals surface area (Å²) in [4.78, 5) is 29.8. The Morgan fingerprint density at radius 1 is 1.18 bits per heavy atom. The predicted molar refractivity (Wildman–Crippen MR) is 149 cm³/mol. The lowest BCUT2D eigenvalue weighted by Crippen LogP contribution is -2.55. The zero-order valence-corrected chi connectivity index (χ0v) is 23.4. The fourth-order valence-corrected chi connectivity index (χ4v) is 7.36. The van der Waals surface area contributed by atoms with Crippen molar-refractivity contribution >= 4 is 46.6 Å². The van der Waals surface area contributed by atoms with Gasteiger partial charge >= 0.3 is 6.09 Å². The van der Waals surface area contributed by atoms with Crippen LogP contribution in [0.15, 0.2) is 30.6 Å². The molecule has 2 aliphatic carbocycles. The van der Waals surface area contributed by atoms with Crippen LogP contribution in [0.3, 0.4) is 0 Å². The average molecular weight is 561 g/mol. The maximum atomic E-state index is 13.8. The molecule has 2 aliphatic heterocycles. The van der Waals surface area contributed by atoms with Crippen LogP contribution in [0.4, 0.5) is 16.2 Å². The van der Waals surface area contributed by atoms with E-state index >= 15 is 0 Å². The number of nitrogens with one attached hydrogen (secondary N) is 1. The molecule has 1 saturated heterocycles. The number of anilines is 2. The van der Waals surface area contributed by atoms with E-state index in [-0.39, 0.29) is 28.1 Å². The third-order valence-electron chi connectivity index (χ3n) is 8.69. The number of aromatic nitrogens is 2. The second-order valence-corrected chi connectivity index (χ2v) is 12.6. The van der Waals surface area contributed by atoms with E-state index in [1.807, 2.05) is 36.0 Å². The van der Waals surface area contributed by atoms with Gasteiger partial charge in [-0.1, -0.05) is 6.07 Å². The highest BCUT2D eigenvalue weighted by atomic mass is 35.5. The Hall–Kier alpha value is -2.29. The van der Waals surface area contributed by atoms with E-state index in [1.54, 1.807) is 16.7 Å². The van der Waals surface area contributed by atoms with Gasteiger partial charge in [0.05, 0.1) is 35.0 Å². The van der Waals surface area contributed by atoms with Crippen LogP contribution in [0.2, 0.25) is 0 Å². The van der Waals surface area contributed by atoms with Gasteiger partial charge in [0, 0.05) is 42.6 Å². The molecule has 1 N–H and O–H groups in total. The third kappa shape index (κ3) is 4.69. The largest absolute Gasteiger partial charge is 0.444 e. The van der Waals surface area contributed by atoms with Crippen LogP contribution < -0.4 is 15.1 Å². The smallest absolute Gasteiger partial charge is 0.414 e. The van der Waals surface area contributed by atoms with E-state index in [9.17, 15) is 9.59 Å². The minimum atomic E-state index is -0.435. The molecule has 2 amide bonds. The van der Waals surface area contributed by atoms with Gasteiger partial charge in [0.2, 0.25) is 5.91 Å². The van der Waals surface area contributed by atoms with Crippen molar-refractivity contribution in [1.29, 1.82) is 0 Å². The molecule has 3 fully saturated rings. The number of hydrogen-bond donors (Lipinski definition) is 1. The van der Waals surface area contributed by atoms with E-state index < -0.39 is 12.2 Å². The minimum absolute atomic E-state index is 0.0493. The summed E-state index contributed by atoms with van der Waals surface area (Å²) in [5.74, 6) is -0.0610. The molecule has 6 rings (SSSR count). The first-order chi connectivity index (χ1) is 18.3. The summed E-state index contributed by atoms with van der Waals surface area (Å²) in [6.45, 7) is 5.64. The summed E-state index contributed by atoms with van der Waals surface area (Å²) >= 11 is 13.5. The van der Waals surface area contributed by atoms with Crippen LogP contribution >= 0.6 is 23.2 Å². The number of piperidine rings is 1. The second kappa shape index (κ2) is 10.0. The van der Waals surface area contributed by atoms with Crippen LogP contribution in [0.1, 0.15) is 58.4 Å². The fourth-order valence-electron chi connectivity index (χ4n) is 6.48. The van der Waals surface area contributed by atoms with Gasteiger partial charge in [0.1, 0.15) is 6.10 Å². The number of rotatable bonds is 3. The minimum Gasteiger partial charge on any atom is -0.444 e. The highest BCUT2D eigenvalue weighted by Gasteiger charge is 2.49. The SMILES string of the molecule is CC(=O)N1c2ccc(-c3cnn(C4CC4)c3)cc2N(C(=O)OC2CC3(CCCNC3)C(Cl)CC2Cl)C[C@@H]1C. The molecule has 38 heavy (non-hydrogen) atoms. The van der Waals surface area contributed by atoms with Crippen molar-refractivity contribution in [2.24, 2.45) is 5.41 Å². The number of nitrogens with zero attached hydrogens (tertiary/aromatic N) is 4. The number of fused-ring (bicyclic) bond motifs is 1. The maximum absolute atomic E-state index is 13.8. The van der Waals surface area contributed by atoms with Gasteiger partial charge in [-0.2, -0.15) is 5.10 Å². The van der Waals surface area contributed by atoms with Crippen molar-refractivity contribution in [3.05, 3.63) is 30.6 Å². The van der Waals surface area contributed by atoms with Gasteiger partial charge in [-0.15, -0.1) is 23.2 Å². The third-order valence-corrected chi connectivity index (χ3v) is 9.79. The van der Waals surface area contributed by atoms with Gasteiger partial charge in [-0.25, -0.2) is 4.79 Å². The highest BCUT2D eigenvalue weighted by molar-refractivity contribution is 6.24. The summed E-state index contributed by atoms with van der Waals surface area (Å²) in [6, 6.07) is 6.15. The molecule has 2 aromatic rings. The number of halogens is 2. The molecular formula is C28H35Cl2N5O3. The Balaban J connectivity index is 1.29. The summed E-state index contributed by atoms with van der Waals surface area (Å²) in [7, 11) is 0. The predicted octanol–water partition coefficient (Wildman–Crippen LogP) is 5.33. The van der Waals surface area contributed by atoms with Gasteiger partial charge in [0.15, 0.2) is 0 Å². The summed E-state index contributed by atoms with van der Waals surface area (Å²) in [6.07, 6.45) is 8.65. The van der Waals surface area contributed by atoms with E-state index in [0.29, 0.717) is 36.8 Å². The molecule has 8 nitrogen and oxygen atoms in total. The highest BCUT2D eigenvalue weighted by Crippen LogP contribution is 2.47. The number of carbonyl (C=O) groups is 2. The van der Waals surface area contributed by atoms with Crippen molar-refractivity contribution in [2.45, 2.75) is 81.3 Å². The molecular weight excluding hydrogens is 525 g/mol. The molecule has 10 heteroatoms. The second-order valence-electron chi connectivity index (χ2n) is 11.5. The summed E-state index contributed by atoms with van der Waals surface area (Å²) in [5, 5.41) is 7.61. The fraction of sp³-hybridized carbons (Fsp3) is 0.607. The van der Waals surface area contributed by atoms with Crippen LogP contribution in [-0.4, -0.2) is 64.3 Å². The van der Waals surface area contributed by atoms with E-state index in [0.717, 1.165) is 49.9 Å². The molecule has 2 saturated carbocycles. The molecule has 0 bridgehead atoms. The number of hydrogen-bond acceptors (Lipinski definition) is 5. The molecule has 1 aromatic carbocycles. The molecule has 0 radical (unpaired) electrons. The van der Waals surface area contributed by atoms with E-state index in [2.05, 4.69) is 16.6 Å². The van der Waals surface area contributed by atoms with E-state index in [4.69, 9.17) is 27.9 Å². The van der Waals surface area contributed by atoms with Crippen LogP contribution in [0.5, 0.6) is 0 Å². The molecule has 4 aliphatic rings. The zero-order valence-electron chi connectivity index (χ0n) is 21.9. The molecule has 5 atom stereocenters. The number of ether oxygens (including phenoxy) is 1. The number of amides is 2. The van der Waals surface area contributed by atoms with Crippen molar-refractivity contribution < 1.29 is 14.3 Å². The van der Waals surface area contributed by atoms with Crippen molar-refractivity contribution in [3.63, 3.8) is 0 Å². The Morgan fingerprint density at radius 2 is 2.00 bits per heavy atom. The quantitative estimate of drug-likeness (QED) is 0.514. The summed E-state index contributed by atoms with van der Waals surface area (Å²) < 4.78 is 8.17. The molecule has 204 valence electrons. The molecule has 1 spiro atoms. The summed E-state index contributed by atoms with van der Waals surface area (Å²) in [5.41, 5.74) is 3.16. The van der Waals surface area contributed by atoms with Crippen LogP contribution in [0.25, 0.3) is 11.1 Å². The lowest BCUT2D eigenvalue weighted by Gasteiger charge is -2.48. The maximum Gasteiger partial charge on any atom is 0.414 e. The topological polar surface area (TPSA) is 79.7 Å². The van der Waals surface area contributed by atoms with Gasteiger partial charge in [-0.3, -0.25) is 14.4 Å². The van der Waals surface area contributed by atoms with Crippen LogP contribution in [0, 0.1) is 5.41 Å². The van der Waals surface area contributed by atoms with Crippen molar-refractivity contribution in [3.8, 4) is 11.1 Å². The van der Waals surface area contributed by atoms with Crippen molar-refractivity contribution in [2.75, 3.05) is 29.4 Å². The van der Waals surface area contributed by atoms with Gasteiger partial charge < -0.3 is 15.0 Å². The Bertz CT molecular complexity index is 1220. The first kappa shape index (κ1) is 26.0. The molecule has 4 unspecified atom stereocenters. The average Bonchev–Trinajstić information content (AvgIpc) is 3.63. The monoisotopic (exact) mass is 559 g/mol. The van der Waals surface area contributed by atoms with Gasteiger partial charge in [0.25, 0.3) is 0 Å².